The normalized spacial score (nSPS) is 13.9. The molecule has 0 bridgehead atoms. The third kappa shape index (κ3) is 10.7. The average molecular weight is 790 g/mol. The first-order valence-electron chi connectivity index (χ1n) is 18.1. The number of hydrogen-bond donors (Lipinski definition) is 3. The number of fused-ring (bicyclic) bond motifs is 1. The van der Waals surface area contributed by atoms with Crippen LogP contribution in [0.25, 0.3) is 15.9 Å². The van der Waals surface area contributed by atoms with Gasteiger partial charge in [-0.3, -0.25) is 9.69 Å². The third-order valence-corrected chi connectivity index (χ3v) is 9.67. The van der Waals surface area contributed by atoms with Crippen molar-refractivity contribution in [3.05, 3.63) is 113 Å². The van der Waals surface area contributed by atoms with E-state index < -0.39 is 12.0 Å². The fourth-order valence-electron chi connectivity index (χ4n) is 6.08. The third-order valence-electron chi connectivity index (χ3n) is 9.17. The van der Waals surface area contributed by atoms with Crippen molar-refractivity contribution in [1.82, 2.24) is 44.3 Å². The molecule has 18 heteroatoms. The monoisotopic (exact) mass is 789 g/mol. The number of allylic oxidation sites excluding steroid dienone is 2. The first kappa shape index (κ1) is 40.0. The van der Waals surface area contributed by atoms with E-state index in [-0.39, 0.29) is 24.2 Å². The molecule has 0 spiro atoms. The molecular weight excluding hydrogens is 747 g/mol. The molecule has 57 heavy (non-hydrogen) atoms. The Balaban J connectivity index is 1.17. The molecule has 3 aromatic heterocycles. The second kappa shape index (κ2) is 19.2. The Morgan fingerprint density at radius 2 is 1.88 bits per heavy atom. The number of imidazole rings is 1. The lowest BCUT2D eigenvalue weighted by Gasteiger charge is -2.34. The summed E-state index contributed by atoms with van der Waals surface area (Å²) in [7, 11) is 4.82. The molecule has 0 saturated carbocycles. The topological polar surface area (TPSA) is 184 Å². The van der Waals surface area contributed by atoms with Crippen LogP contribution in [0.3, 0.4) is 0 Å². The standard InChI is InChI=1S/C39H43N13O4S/c1-6-7-27(24-51-18-20-52(21-19-51)35(53)33-25-57-49-48-33)14-16-41-37-45-38(44-32(36(54)56-5)22-26-8-10-28(40-2)11-9-26)47-39(46-37)50(3)17-15-34-42-30-13-12-29(55-4)23-31(30)43-34/h6-14,16,23,25,32H,1,15,17-22,24H2,3-5H3,(H,42,43)(H2,41,44,45,46,47)/b16-14+,27-7+/t32-/m0/s1. The van der Waals surface area contributed by atoms with Crippen LogP contribution in [0, 0.1) is 6.57 Å². The lowest BCUT2D eigenvalue weighted by molar-refractivity contribution is -0.141. The Hall–Kier alpha value is -6.71. The Kier molecular flexibility index (Phi) is 13.5. The van der Waals surface area contributed by atoms with Crippen LogP contribution in [0.1, 0.15) is 21.9 Å². The summed E-state index contributed by atoms with van der Waals surface area (Å²) >= 11 is 1.16. The van der Waals surface area contributed by atoms with Gasteiger partial charge in [0.1, 0.15) is 17.6 Å². The van der Waals surface area contributed by atoms with Gasteiger partial charge in [-0.2, -0.15) is 15.0 Å². The van der Waals surface area contributed by atoms with Gasteiger partial charge in [0.15, 0.2) is 11.4 Å². The van der Waals surface area contributed by atoms with Gasteiger partial charge in [-0.15, -0.1) is 5.10 Å². The molecule has 17 nitrogen and oxygen atoms in total. The molecule has 0 radical (unpaired) electrons. The van der Waals surface area contributed by atoms with Crippen LogP contribution in [0.2, 0.25) is 0 Å². The lowest BCUT2D eigenvalue weighted by atomic mass is 10.1. The van der Waals surface area contributed by atoms with Crippen LogP contribution in [0.15, 0.2) is 84.4 Å². The predicted octanol–water partition coefficient (Wildman–Crippen LogP) is 4.53. The van der Waals surface area contributed by atoms with Gasteiger partial charge in [-0.25, -0.2) is 14.6 Å². The van der Waals surface area contributed by atoms with E-state index >= 15 is 0 Å². The van der Waals surface area contributed by atoms with E-state index in [2.05, 4.69) is 51.5 Å². The Labute approximate surface area is 334 Å². The van der Waals surface area contributed by atoms with Crippen LogP contribution >= 0.6 is 11.5 Å². The minimum atomic E-state index is -0.832. The SMILES string of the molecule is [C-]#[N+]c1ccc(C[C@H](Nc2nc(N/C=C/C(=C\C=C)CN3CCN(C(=O)c4csnn4)CC3)nc(N(C)CCc3nc4ccc(OC)cc4[nH]3)n2)C(=O)OC)cc1. The second-order valence-corrected chi connectivity index (χ2v) is 13.6. The van der Waals surface area contributed by atoms with Crippen molar-refractivity contribution in [1.29, 1.82) is 0 Å². The molecule has 4 heterocycles. The summed E-state index contributed by atoms with van der Waals surface area (Å²) in [6, 6.07) is 11.9. The largest absolute Gasteiger partial charge is 0.497 e. The van der Waals surface area contributed by atoms with E-state index in [0.29, 0.717) is 63.0 Å². The summed E-state index contributed by atoms with van der Waals surface area (Å²) in [5.41, 5.74) is 4.39. The number of amides is 1. The van der Waals surface area contributed by atoms with Crippen LogP contribution < -0.4 is 20.3 Å². The number of H-pyrrole nitrogens is 1. The average Bonchev–Trinajstić information content (AvgIpc) is 3.93. The maximum absolute atomic E-state index is 13.0. The Morgan fingerprint density at radius 1 is 1.09 bits per heavy atom. The highest BCUT2D eigenvalue weighted by molar-refractivity contribution is 7.03. The number of carbonyl (C=O) groups excluding carboxylic acids is 2. The van der Waals surface area contributed by atoms with E-state index in [1.54, 1.807) is 53.9 Å². The van der Waals surface area contributed by atoms with Crippen molar-refractivity contribution in [3.63, 3.8) is 0 Å². The Bertz CT molecular complexity index is 2260. The van der Waals surface area contributed by atoms with Gasteiger partial charge < -0.3 is 34.9 Å². The van der Waals surface area contributed by atoms with Crippen LogP contribution in [-0.2, 0) is 22.4 Å². The number of piperazine rings is 1. The molecule has 1 saturated heterocycles. The minimum absolute atomic E-state index is 0.102. The number of carbonyl (C=O) groups is 2. The summed E-state index contributed by atoms with van der Waals surface area (Å²) < 4.78 is 14.3. The summed E-state index contributed by atoms with van der Waals surface area (Å²) in [6.07, 6.45) is 8.15. The number of likely N-dealkylation sites (N-methyl/N-ethyl adjacent to an activating group) is 1. The van der Waals surface area contributed by atoms with Gasteiger partial charge in [0.05, 0.1) is 31.8 Å². The van der Waals surface area contributed by atoms with Crippen molar-refractivity contribution in [2.75, 3.05) is 76.1 Å². The maximum atomic E-state index is 13.0. The fraction of sp³-hybridized carbons (Fsp3) is 0.308. The highest BCUT2D eigenvalue weighted by atomic mass is 32.1. The number of esters is 1. The summed E-state index contributed by atoms with van der Waals surface area (Å²) in [5.74, 6) is 1.69. The van der Waals surface area contributed by atoms with Crippen LogP contribution in [0.5, 0.6) is 5.75 Å². The van der Waals surface area contributed by atoms with Crippen LogP contribution in [-0.4, -0.2) is 123 Å². The molecule has 0 unspecified atom stereocenters. The maximum Gasteiger partial charge on any atom is 0.328 e. The molecule has 1 amide bonds. The summed E-state index contributed by atoms with van der Waals surface area (Å²) in [4.78, 5) is 57.2. The molecule has 6 rings (SSSR count). The molecule has 1 aliphatic heterocycles. The molecule has 1 atom stereocenters. The van der Waals surface area contributed by atoms with Gasteiger partial charge in [-0.05, 0) is 40.9 Å². The molecular formula is C39H43N13O4S. The molecule has 3 N–H and O–H groups in total. The first-order chi connectivity index (χ1) is 27.7. The number of methoxy groups -OCH3 is 2. The molecule has 1 aliphatic rings. The molecule has 1 fully saturated rings. The van der Waals surface area contributed by atoms with E-state index in [1.165, 1.54) is 7.11 Å². The number of ether oxygens (including phenoxy) is 2. The number of hydrogen-bond acceptors (Lipinski definition) is 15. The van der Waals surface area contributed by atoms with E-state index in [1.807, 2.05) is 42.3 Å². The number of anilines is 3. The first-order valence-corrected chi connectivity index (χ1v) is 18.9. The number of rotatable bonds is 17. The zero-order valence-corrected chi connectivity index (χ0v) is 32.7. The second-order valence-electron chi connectivity index (χ2n) is 13.0. The van der Waals surface area contributed by atoms with Crippen molar-refractivity contribution < 1.29 is 19.1 Å². The highest BCUT2D eigenvalue weighted by Crippen LogP contribution is 2.21. The smallest absolute Gasteiger partial charge is 0.328 e. The van der Waals surface area contributed by atoms with Gasteiger partial charge in [0.25, 0.3) is 5.91 Å². The zero-order valence-electron chi connectivity index (χ0n) is 31.9. The summed E-state index contributed by atoms with van der Waals surface area (Å²) in [6.45, 7) is 14.9. The molecule has 294 valence electrons. The van der Waals surface area contributed by atoms with Gasteiger partial charge in [0.2, 0.25) is 17.8 Å². The van der Waals surface area contributed by atoms with E-state index in [9.17, 15) is 9.59 Å². The number of aromatic nitrogens is 7. The van der Waals surface area contributed by atoms with E-state index in [4.69, 9.17) is 26.0 Å². The highest BCUT2D eigenvalue weighted by Gasteiger charge is 2.25. The number of nitrogens with zero attached hydrogens (tertiary/aromatic N) is 10. The predicted molar refractivity (Wildman–Crippen MR) is 219 cm³/mol. The van der Waals surface area contributed by atoms with Crippen molar-refractivity contribution in [2.24, 2.45) is 0 Å². The lowest BCUT2D eigenvalue weighted by Crippen LogP contribution is -2.49. The van der Waals surface area contributed by atoms with Gasteiger partial charge >= 0.3 is 5.97 Å². The van der Waals surface area contributed by atoms with E-state index in [0.717, 1.165) is 45.3 Å². The van der Waals surface area contributed by atoms with Crippen molar-refractivity contribution in [2.45, 2.75) is 18.9 Å². The molecule has 0 aliphatic carbocycles. The van der Waals surface area contributed by atoms with Crippen molar-refractivity contribution in [3.8, 4) is 5.75 Å². The minimum Gasteiger partial charge on any atom is -0.497 e. The molecule has 2 aromatic carbocycles. The number of aromatic amines is 1. The number of benzene rings is 2. The van der Waals surface area contributed by atoms with Crippen molar-refractivity contribution >= 4 is 58.0 Å². The van der Waals surface area contributed by atoms with Gasteiger partial charge in [-0.1, -0.05) is 47.5 Å². The van der Waals surface area contributed by atoms with Crippen LogP contribution in [0.4, 0.5) is 23.5 Å². The summed E-state index contributed by atoms with van der Waals surface area (Å²) in [5, 5.41) is 11.9. The van der Waals surface area contributed by atoms with Gasteiger partial charge in [0, 0.05) is 76.8 Å². The fourth-order valence-corrected chi connectivity index (χ4v) is 6.51. The number of nitrogens with one attached hydrogen (secondary N) is 3. The molecule has 5 aromatic rings. The Morgan fingerprint density at radius 3 is 2.58 bits per heavy atom. The zero-order chi connectivity index (χ0) is 40.1. The quantitative estimate of drug-likeness (QED) is 0.0679.